The molecular formula is C14H30N2O. The minimum absolute atomic E-state index is 0.107. The average Bonchev–Trinajstić information content (AvgIpc) is 2.24. The van der Waals surface area contributed by atoms with Crippen molar-refractivity contribution in [1.29, 1.82) is 0 Å². The first kappa shape index (κ1) is 14.9. The van der Waals surface area contributed by atoms with E-state index in [-0.39, 0.29) is 6.10 Å². The monoisotopic (exact) mass is 242 g/mol. The van der Waals surface area contributed by atoms with E-state index in [4.69, 9.17) is 0 Å². The van der Waals surface area contributed by atoms with Gasteiger partial charge in [0.25, 0.3) is 0 Å². The third-order valence-corrected chi connectivity index (χ3v) is 3.60. The van der Waals surface area contributed by atoms with E-state index >= 15 is 0 Å². The maximum Gasteiger partial charge on any atom is 0.0695 e. The molecule has 0 radical (unpaired) electrons. The summed E-state index contributed by atoms with van der Waals surface area (Å²) in [5.41, 5.74) is 0. The molecule has 0 aromatic heterocycles. The molecule has 0 amide bonds. The van der Waals surface area contributed by atoms with Crippen molar-refractivity contribution in [3.63, 3.8) is 0 Å². The fraction of sp³-hybridized carbons (Fsp3) is 1.00. The first-order chi connectivity index (χ1) is 8.00. The lowest BCUT2D eigenvalue weighted by atomic mass is 9.91. The molecule has 1 N–H and O–H groups in total. The van der Waals surface area contributed by atoms with E-state index in [1.165, 1.54) is 19.3 Å². The maximum atomic E-state index is 10.2. The Bertz CT molecular complexity index is 206. The van der Waals surface area contributed by atoms with E-state index in [0.717, 1.165) is 26.1 Å². The van der Waals surface area contributed by atoms with E-state index in [1.54, 1.807) is 0 Å². The Morgan fingerprint density at radius 1 is 1.12 bits per heavy atom. The van der Waals surface area contributed by atoms with Gasteiger partial charge in [-0.15, -0.1) is 0 Å². The zero-order valence-corrected chi connectivity index (χ0v) is 12.0. The summed E-state index contributed by atoms with van der Waals surface area (Å²) in [7, 11) is 4.23. The minimum Gasteiger partial charge on any atom is -0.391 e. The molecule has 102 valence electrons. The molecule has 0 aromatic rings. The largest absolute Gasteiger partial charge is 0.391 e. The normalized spacial score (nSPS) is 26.1. The Labute approximate surface area is 107 Å². The maximum absolute atomic E-state index is 10.2. The summed E-state index contributed by atoms with van der Waals surface area (Å²) in [6.07, 6.45) is 4.52. The summed E-state index contributed by atoms with van der Waals surface area (Å²) in [5, 5.41) is 10.2. The molecule has 0 aromatic carbocycles. The van der Waals surface area contributed by atoms with Crippen molar-refractivity contribution in [2.75, 3.05) is 33.7 Å². The van der Waals surface area contributed by atoms with Gasteiger partial charge in [-0.3, -0.25) is 4.90 Å². The highest BCUT2D eigenvalue weighted by Gasteiger charge is 2.28. The Morgan fingerprint density at radius 2 is 1.76 bits per heavy atom. The molecule has 1 aliphatic rings. The molecule has 1 fully saturated rings. The molecule has 0 spiro atoms. The van der Waals surface area contributed by atoms with Gasteiger partial charge in [0.15, 0.2) is 0 Å². The summed E-state index contributed by atoms with van der Waals surface area (Å²) >= 11 is 0. The molecule has 3 nitrogen and oxygen atoms in total. The Hall–Kier alpha value is -0.120. The molecule has 1 aliphatic carbocycles. The highest BCUT2D eigenvalue weighted by molar-refractivity contribution is 4.83. The van der Waals surface area contributed by atoms with Gasteiger partial charge in [0.05, 0.1) is 6.10 Å². The third kappa shape index (κ3) is 5.36. The van der Waals surface area contributed by atoms with Crippen molar-refractivity contribution in [3.05, 3.63) is 0 Å². The zero-order chi connectivity index (χ0) is 12.8. The molecule has 0 unspecified atom stereocenters. The average molecular weight is 242 g/mol. The van der Waals surface area contributed by atoms with E-state index < -0.39 is 0 Å². The summed E-state index contributed by atoms with van der Waals surface area (Å²) in [6, 6.07) is 0.395. The van der Waals surface area contributed by atoms with Crippen LogP contribution in [-0.4, -0.2) is 60.8 Å². The molecule has 0 saturated heterocycles. The van der Waals surface area contributed by atoms with Crippen molar-refractivity contribution in [2.45, 2.75) is 51.7 Å². The second-order valence-corrected chi connectivity index (χ2v) is 6.11. The molecule has 0 bridgehead atoms. The van der Waals surface area contributed by atoms with Crippen LogP contribution in [-0.2, 0) is 0 Å². The van der Waals surface area contributed by atoms with Gasteiger partial charge in [-0.25, -0.2) is 0 Å². The van der Waals surface area contributed by atoms with Gasteiger partial charge in [-0.1, -0.05) is 26.7 Å². The number of aliphatic hydroxyl groups is 1. The van der Waals surface area contributed by atoms with Crippen LogP contribution in [0.3, 0.4) is 0 Å². The quantitative estimate of drug-likeness (QED) is 0.769. The van der Waals surface area contributed by atoms with Crippen LogP contribution in [0.4, 0.5) is 0 Å². The fourth-order valence-electron chi connectivity index (χ4n) is 2.71. The van der Waals surface area contributed by atoms with Gasteiger partial charge in [0, 0.05) is 25.7 Å². The zero-order valence-electron chi connectivity index (χ0n) is 12.0. The predicted molar refractivity (Wildman–Crippen MR) is 73.2 cm³/mol. The van der Waals surface area contributed by atoms with Gasteiger partial charge in [-0.2, -0.15) is 0 Å². The van der Waals surface area contributed by atoms with Crippen LogP contribution >= 0.6 is 0 Å². The van der Waals surface area contributed by atoms with Crippen molar-refractivity contribution < 1.29 is 5.11 Å². The summed E-state index contributed by atoms with van der Waals surface area (Å²) in [5.74, 6) is 0.672. The van der Waals surface area contributed by atoms with E-state index in [1.807, 2.05) is 0 Å². The van der Waals surface area contributed by atoms with Gasteiger partial charge in [-0.05, 0) is 32.9 Å². The van der Waals surface area contributed by atoms with Crippen molar-refractivity contribution in [1.82, 2.24) is 9.80 Å². The van der Waals surface area contributed by atoms with Crippen LogP contribution < -0.4 is 0 Å². The van der Waals surface area contributed by atoms with E-state index in [2.05, 4.69) is 37.7 Å². The summed E-state index contributed by atoms with van der Waals surface area (Å²) in [4.78, 5) is 4.73. The predicted octanol–water partition coefficient (Wildman–Crippen LogP) is 1.81. The van der Waals surface area contributed by atoms with Crippen molar-refractivity contribution in [2.24, 2.45) is 5.92 Å². The molecule has 3 heteroatoms. The smallest absolute Gasteiger partial charge is 0.0695 e. The van der Waals surface area contributed by atoms with Gasteiger partial charge in [0.2, 0.25) is 0 Å². The summed E-state index contributed by atoms with van der Waals surface area (Å²) < 4.78 is 0. The molecule has 2 atom stereocenters. The topological polar surface area (TPSA) is 26.7 Å². The highest BCUT2D eigenvalue weighted by atomic mass is 16.3. The molecule has 1 saturated carbocycles. The highest BCUT2D eigenvalue weighted by Crippen LogP contribution is 2.23. The second kappa shape index (κ2) is 7.34. The van der Waals surface area contributed by atoms with E-state index in [9.17, 15) is 5.11 Å². The third-order valence-electron chi connectivity index (χ3n) is 3.60. The van der Waals surface area contributed by atoms with Crippen LogP contribution in [0.25, 0.3) is 0 Å². The molecule has 1 rings (SSSR count). The standard InChI is InChI=1S/C14H30N2O/c1-12(2)11-16(10-9-15(3)4)13-7-5-6-8-14(13)17/h12-14,17H,5-11H2,1-4H3/t13-,14-/m1/s1. The van der Waals surface area contributed by atoms with Crippen molar-refractivity contribution >= 4 is 0 Å². The molecule has 0 heterocycles. The van der Waals surface area contributed by atoms with Crippen LogP contribution in [0, 0.1) is 5.92 Å². The number of rotatable bonds is 6. The van der Waals surface area contributed by atoms with Gasteiger partial charge < -0.3 is 10.0 Å². The Kier molecular flexibility index (Phi) is 6.45. The van der Waals surface area contributed by atoms with Gasteiger partial charge >= 0.3 is 0 Å². The van der Waals surface area contributed by atoms with Crippen LogP contribution in [0.1, 0.15) is 39.5 Å². The first-order valence-corrected chi connectivity index (χ1v) is 7.07. The molecule has 0 aliphatic heterocycles. The Morgan fingerprint density at radius 3 is 2.29 bits per heavy atom. The molecular weight excluding hydrogens is 212 g/mol. The van der Waals surface area contributed by atoms with Crippen LogP contribution in [0.15, 0.2) is 0 Å². The lowest BCUT2D eigenvalue weighted by molar-refractivity contribution is 0.0121. The summed E-state index contributed by atoms with van der Waals surface area (Å²) in [6.45, 7) is 7.79. The Balaban J connectivity index is 2.53. The number of hydrogen-bond donors (Lipinski definition) is 1. The second-order valence-electron chi connectivity index (χ2n) is 6.11. The number of hydrogen-bond acceptors (Lipinski definition) is 3. The van der Waals surface area contributed by atoms with Gasteiger partial charge in [0.1, 0.15) is 0 Å². The fourth-order valence-corrected chi connectivity index (χ4v) is 2.71. The van der Waals surface area contributed by atoms with Crippen molar-refractivity contribution in [3.8, 4) is 0 Å². The van der Waals surface area contributed by atoms with Crippen LogP contribution in [0.2, 0.25) is 0 Å². The lowest BCUT2D eigenvalue weighted by Gasteiger charge is -2.39. The van der Waals surface area contributed by atoms with E-state index in [0.29, 0.717) is 12.0 Å². The number of likely N-dealkylation sites (N-methyl/N-ethyl adjacent to an activating group) is 1. The SMILES string of the molecule is CC(C)CN(CCN(C)C)[C@@H]1CCCC[C@H]1O. The first-order valence-electron chi connectivity index (χ1n) is 7.07. The lowest BCUT2D eigenvalue weighted by Crippen LogP contribution is -2.49. The van der Waals surface area contributed by atoms with Crippen LogP contribution in [0.5, 0.6) is 0 Å². The molecule has 17 heavy (non-hydrogen) atoms. The number of aliphatic hydroxyl groups excluding tert-OH is 1. The minimum atomic E-state index is -0.107. The number of nitrogens with zero attached hydrogens (tertiary/aromatic N) is 2.